The lowest BCUT2D eigenvalue weighted by Crippen LogP contribution is -2.10. The third-order valence-corrected chi connectivity index (χ3v) is 4.92. The monoisotopic (exact) mass is 365 g/mol. The molecule has 4 rings (SSSR count). The van der Waals surface area contributed by atoms with E-state index in [1.807, 2.05) is 30.3 Å². The molecular weight excluding hydrogens is 350 g/mol. The number of hydrogen-bond acceptors (Lipinski definition) is 6. The Morgan fingerprint density at radius 3 is 2.69 bits per heavy atom. The van der Waals surface area contributed by atoms with Crippen LogP contribution in [-0.4, -0.2) is 23.2 Å². The molecule has 0 bridgehead atoms. The van der Waals surface area contributed by atoms with Crippen molar-refractivity contribution < 1.29 is 14.1 Å². The van der Waals surface area contributed by atoms with E-state index in [4.69, 9.17) is 9.26 Å². The molecule has 0 aliphatic rings. The van der Waals surface area contributed by atoms with Gasteiger partial charge in [-0.25, -0.2) is 4.98 Å². The SMILES string of the molecule is COc1cc(C(=O)Nc2ccc(-c3nc4ccc(C)cc4s3)cc2)on1. The molecule has 2 heterocycles. The Balaban J connectivity index is 1.53. The van der Waals surface area contributed by atoms with Gasteiger partial charge in [0.2, 0.25) is 5.76 Å². The lowest BCUT2D eigenvalue weighted by Gasteiger charge is -2.03. The summed E-state index contributed by atoms with van der Waals surface area (Å²) in [4.78, 5) is 16.8. The van der Waals surface area contributed by atoms with Gasteiger partial charge in [0.05, 0.1) is 23.4 Å². The van der Waals surface area contributed by atoms with E-state index in [2.05, 4.69) is 34.5 Å². The highest BCUT2D eigenvalue weighted by Gasteiger charge is 2.14. The largest absolute Gasteiger partial charge is 0.479 e. The summed E-state index contributed by atoms with van der Waals surface area (Å²) in [5, 5.41) is 7.32. The van der Waals surface area contributed by atoms with Crippen LogP contribution < -0.4 is 10.1 Å². The molecule has 0 atom stereocenters. The van der Waals surface area contributed by atoms with Crippen molar-refractivity contribution in [2.75, 3.05) is 12.4 Å². The highest BCUT2D eigenvalue weighted by atomic mass is 32.1. The summed E-state index contributed by atoms with van der Waals surface area (Å²) < 4.78 is 11.0. The smallest absolute Gasteiger partial charge is 0.294 e. The van der Waals surface area contributed by atoms with Crippen LogP contribution in [0.5, 0.6) is 5.88 Å². The van der Waals surface area contributed by atoms with Crippen molar-refractivity contribution in [3.63, 3.8) is 0 Å². The summed E-state index contributed by atoms with van der Waals surface area (Å²) in [6, 6.07) is 15.2. The van der Waals surface area contributed by atoms with Crippen LogP contribution in [0.1, 0.15) is 16.1 Å². The number of amides is 1. The number of nitrogens with zero attached hydrogens (tertiary/aromatic N) is 2. The normalized spacial score (nSPS) is 10.8. The topological polar surface area (TPSA) is 77.2 Å². The van der Waals surface area contributed by atoms with Gasteiger partial charge in [-0.1, -0.05) is 6.07 Å². The third kappa shape index (κ3) is 3.16. The Morgan fingerprint density at radius 1 is 1.15 bits per heavy atom. The summed E-state index contributed by atoms with van der Waals surface area (Å²) in [6.07, 6.45) is 0. The molecule has 0 aliphatic heterocycles. The molecule has 0 saturated heterocycles. The Morgan fingerprint density at radius 2 is 1.96 bits per heavy atom. The van der Waals surface area contributed by atoms with E-state index in [1.54, 1.807) is 11.3 Å². The van der Waals surface area contributed by atoms with E-state index < -0.39 is 0 Å². The van der Waals surface area contributed by atoms with Gasteiger partial charge in [0.1, 0.15) is 5.01 Å². The van der Waals surface area contributed by atoms with Gasteiger partial charge >= 0.3 is 0 Å². The summed E-state index contributed by atoms with van der Waals surface area (Å²) in [5.41, 5.74) is 3.87. The molecule has 0 unspecified atom stereocenters. The van der Waals surface area contributed by atoms with E-state index in [1.165, 1.54) is 18.7 Å². The maximum Gasteiger partial charge on any atom is 0.294 e. The minimum atomic E-state index is -0.385. The number of carbonyl (C=O) groups excluding carboxylic acids is 1. The van der Waals surface area contributed by atoms with Crippen LogP contribution in [-0.2, 0) is 0 Å². The number of carbonyl (C=O) groups is 1. The number of benzene rings is 2. The second-order valence-corrected chi connectivity index (χ2v) is 6.79. The number of aryl methyl sites for hydroxylation is 1. The highest BCUT2D eigenvalue weighted by Crippen LogP contribution is 2.31. The molecule has 1 amide bonds. The van der Waals surface area contributed by atoms with Crippen molar-refractivity contribution in [2.24, 2.45) is 0 Å². The zero-order valence-electron chi connectivity index (χ0n) is 14.1. The molecule has 7 heteroatoms. The summed E-state index contributed by atoms with van der Waals surface area (Å²) in [7, 11) is 1.46. The van der Waals surface area contributed by atoms with E-state index in [0.717, 1.165) is 20.8 Å². The molecule has 1 N–H and O–H groups in total. The van der Waals surface area contributed by atoms with Crippen molar-refractivity contribution in [3.8, 4) is 16.5 Å². The standard InChI is InChI=1S/C19H15N3O3S/c1-11-3-8-14-16(9-11)26-19(21-14)12-4-6-13(7-5-12)20-18(23)15-10-17(24-2)22-25-15/h3-10H,1-2H3,(H,20,23). The van der Waals surface area contributed by atoms with Gasteiger partial charge in [0.25, 0.3) is 11.8 Å². The average Bonchev–Trinajstić information content (AvgIpc) is 3.28. The van der Waals surface area contributed by atoms with Crippen LogP contribution in [0.2, 0.25) is 0 Å². The predicted molar refractivity (Wildman–Crippen MR) is 101 cm³/mol. The van der Waals surface area contributed by atoms with Gasteiger partial charge in [-0.05, 0) is 54.0 Å². The Hall–Kier alpha value is -3.19. The molecule has 0 aliphatic carbocycles. The molecule has 2 aromatic heterocycles. The van der Waals surface area contributed by atoms with Crippen molar-refractivity contribution in [1.82, 2.24) is 10.1 Å². The van der Waals surface area contributed by atoms with E-state index in [0.29, 0.717) is 5.69 Å². The van der Waals surface area contributed by atoms with Crippen molar-refractivity contribution >= 4 is 33.1 Å². The van der Waals surface area contributed by atoms with Crippen molar-refractivity contribution in [2.45, 2.75) is 6.92 Å². The maximum absolute atomic E-state index is 12.1. The van der Waals surface area contributed by atoms with Crippen LogP contribution >= 0.6 is 11.3 Å². The summed E-state index contributed by atoms with van der Waals surface area (Å²) in [5.74, 6) is -0.0342. The molecule has 0 radical (unpaired) electrons. The summed E-state index contributed by atoms with van der Waals surface area (Å²) in [6.45, 7) is 2.07. The molecule has 0 saturated carbocycles. The minimum absolute atomic E-state index is 0.0902. The zero-order chi connectivity index (χ0) is 18.1. The molecule has 130 valence electrons. The van der Waals surface area contributed by atoms with Gasteiger partial charge in [-0.15, -0.1) is 11.3 Å². The second-order valence-electron chi connectivity index (χ2n) is 5.76. The first-order valence-corrected chi connectivity index (χ1v) is 8.74. The van der Waals surface area contributed by atoms with Crippen LogP contribution in [0.4, 0.5) is 5.69 Å². The lowest BCUT2D eigenvalue weighted by atomic mass is 10.2. The van der Waals surface area contributed by atoms with Gasteiger partial charge in [-0.2, -0.15) is 0 Å². The van der Waals surface area contributed by atoms with Gasteiger partial charge < -0.3 is 14.6 Å². The number of aromatic nitrogens is 2. The average molecular weight is 365 g/mol. The zero-order valence-corrected chi connectivity index (χ0v) is 15.0. The molecule has 2 aromatic carbocycles. The van der Waals surface area contributed by atoms with Crippen molar-refractivity contribution in [1.29, 1.82) is 0 Å². The van der Waals surface area contributed by atoms with Gasteiger partial charge in [0, 0.05) is 11.3 Å². The molecule has 6 nitrogen and oxygen atoms in total. The molecule has 26 heavy (non-hydrogen) atoms. The Kier molecular flexibility index (Phi) is 4.14. The highest BCUT2D eigenvalue weighted by molar-refractivity contribution is 7.21. The van der Waals surface area contributed by atoms with Crippen LogP contribution in [0.3, 0.4) is 0 Å². The lowest BCUT2D eigenvalue weighted by molar-refractivity contribution is 0.0987. The first-order chi connectivity index (χ1) is 12.6. The Bertz CT molecular complexity index is 1080. The number of nitrogens with one attached hydrogen (secondary N) is 1. The van der Waals surface area contributed by atoms with Crippen molar-refractivity contribution in [3.05, 3.63) is 59.9 Å². The number of fused-ring (bicyclic) bond motifs is 1. The number of anilines is 1. The number of ether oxygens (including phenoxy) is 1. The number of thiazole rings is 1. The fourth-order valence-corrected chi connectivity index (χ4v) is 3.58. The minimum Gasteiger partial charge on any atom is -0.479 e. The van der Waals surface area contributed by atoms with E-state index >= 15 is 0 Å². The number of methoxy groups -OCH3 is 1. The van der Waals surface area contributed by atoms with Crippen LogP contribution in [0, 0.1) is 6.92 Å². The quantitative estimate of drug-likeness (QED) is 0.575. The van der Waals surface area contributed by atoms with Gasteiger partial charge in [0.15, 0.2) is 0 Å². The fraction of sp³-hybridized carbons (Fsp3) is 0.105. The maximum atomic E-state index is 12.1. The molecular formula is C19H15N3O3S. The van der Waals surface area contributed by atoms with E-state index in [9.17, 15) is 4.79 Å². The number of hydrogen-bond donors (Lipinski definition) is 1. The van der Waals surface area contributed by atoms with E-state index in [-0.39, 0.29) is 17.5 Å². The van der Waals surface area contributed by atoms with Crippen LogP contribution in [0.25, 0.3) is 20.8 Å². The molecule has 4 aromatic rings. The fourth-order valence-electron chi connectivity index (χ4n) is 2.51. The van der Waals surface area contributed by atoms with Crippen LogP contribution in [0.15, 0.2) is 53.1 Å². The second kappa shape index (κ2) is 6.61. The first kappa shape index (κ1) is 16.3. The first-order valence-electron chi connectivity index (χ1n) is 7.92. The molecule has 0 spiro atoms. The number of rotatable bonds is 4. The predicted octanol–water partition coefficient (Wildman–Crippen LogP) is 4.52. The molecule has 0 fully saturated rings. The Labute approximate surface area is 153 Å². The van der Waals surface area contributed by atoms with Gasteiger partial charge in [-0.3, -0.25) is 4.79 Å². The summed E-state index contributed by atoms with van der Waals surface area (Å²) >= 11 is 1.65. The third-order valence-electron chi connectivity index (χ3n) is 3.86.